The molecule has 1 fully saturated rings. The third-order valence-electron chi connectivity index (χ3n) is 4.34. The zero-order valence-corrected chi connectivity index (χ0v) is 12.5. The molecule has 20 heavy (non-hydrogen) atoms. The highest BCUT2D eigenvalue weighted by Gasteiger charge is 2.28. The maximum absolute atomic E-state index is 13.3. The Morgan fingerprint density at radius 1 is 1.20 bits per heavy atom. The van der Waals surface area contributed by atoms with Crippen LogP contribution in [0.4, 0.5) is 8.78 Å². The molecule has 1 aromatic carbocycles. The Kier molecular flexibility index (Phi) is 5.53. The van der Waals surface area contributed by atoms with Crippen molar-refractivity contribution in [3.63, 3.8) is 0 Å². The number of benzene rings is 1. The van der Waals surface area contributed by atoms with E-state index in [4.69, 9.17) is 0 Å². The smallest absolute Gasteiger partial charge is 0.126 e. The maximum atomic E-state index is 13.3. The van der Waals surface area contributed by atoms with Crippen LogP contribution in [0.25, 0.3) is 0 Å². The van der Waals surface area contributed by atoms with Crippen molar-refractivity contribution in [1.82, 2.24) is 5.32 Å². The number of nitrogens with one attached hydrogen (secondary N) is 1. The molecule has 0 spiro atoms. The van der Waals surface area contributed by atoms with Gasteiger partial charge in [-0.25, -0.2) is 8.78 Å². The summed E-state index contributed by atoms with van der Waals surface area (Å²) in [6.07, 6.45) is 5.51. The van der Waals surface area contributed by atoms with E-state index in [1.54, 1.807) is 0 Å². The fourth-order valence-electron chi connectivity index (χ4n) is 3.33. The van der Waals surface area contributed by atoms with Crippen molar-refractivity contribution >= 4 is 0 Å². The highest BCUT2D eigenvalue weighted by molar-refractivity contribution is 5.19. The summed E-state index contributed by atoms with van der Waals surface area (Å²) in [5, 5.41) is 3.57. The van der Waals surface area contributed by atoms with E-state index in [-0.39, 0.29) is 0 Å². The van der Waals surface area contributed by atoms with E-state index >= 15 is 0 Å². The summed E-state index contributed by atoms with van der Waals surface area (Å²) >= 11 is 0. The quantitative estimate of drug-likeness (QED) is 0.819. The third kappa shape index (κ3) is 4.27. The lowest BCUT2D eigenvalue weighted by Gasteiger charge is -2.25. The molecule has 0 aliphatic heterocycles. The average molecular weight is 281 g/mol. The van der Waals surface area contributed by atoms with Crippen molar-refractivity contribution < 1.29 is 8.78 Å². The van der Waals surface area contributed by atoms with Gasteiger partial charge < -0.3 is 5.32 Å². The average Bonchev–Trinajstić information content (AvgIpc) is 2.80. The van der Waals surface area contributed by atoms with E-state index < -0.39 is 11.6 Å². The molecule has 1 aliphatic rings. The summed E-state index contributed by atoms with van der Waals surface area (Å²) in [7, 11) is 0. The molecule has 1 saturated carbocycles. The Morgan fingerprint density at radius 2 is 1.90 bits per heavy atom. The van der Waals surface area contributed by atoms with Crippen molar-refractivity contribution in [2.24, 2.45) is 11.8 Å². The van der Waals surface area contributed by atoms with Crippen LogP contribution in [-0.2, 0) is 6.42 Å². The predicted molar refractivity (Wildman–Crippen MR) is 78.6 cm³/mol. The van der Waals surface area contributed by atoms with Crippen LogP contribution in [0, 0.1) is 23.5 Å². The molecule has 0 saturated heterocycles. The van der Waals surface area contributed by atoms with E-state index in [9.17, 15) is 8.78 Å². The predicted octanol–water partition coefficient (Wildman–Crippen LogP) is 4.31. The Labute approximate surface area is 120 Å². The van der Waals surface area contributed by atoms with Gasteiger partial charge in [-0.05, 0) is 61.8 Å². The van der Waals surface area contributed by atoms with Crippen LogP contribution in [-0.4, -0.2) is 12.6 Å². The first-order valence-electron chi connectivity index (χ1n) is 7.76. The zero-order valence-electron chi connectivity index (χ0n) is 12.5. The largest absolute Gasteiger partial charge is 0.313 e. The molecule has 0 heterocycles. The lowest BCUT2D eigenvalue weighted by molar-refractivity contribution is 0.348. The molecule has 3 atom stereocenters. The minimum Gasteiger partial charge on any atom is -0.313 e. The molecular weight excluding hydrogens is 256 g/mol. The molecule has 2 rings (SSSR count). The van der Waals surface area contributed by atoms with E-state index in [0.717, 1.165) is 30.5 Å². The minimum atomic E-state index is -0.478. The molecule has 0 amide bonds. The van der Waals surface area contributed by atoms with Crippen LogP contribution < -0.4 is 5.32 Å². The molecule has 112 valence electrons. The van der Waals surface area contributed by atoms with Crippen molar-refractivity contribution in [3.05, 3.63) is 35.4 Å². The number of hydrogen-bond donors (Lipinski definition) is 1. The van der Waals surface area contributed by atoms with E-state index in [1.165, 1.54) is 31.4 Å². The van der Waals surface area contributed by atoms with Crippen molar-refractivity contribution in [2.45, 2.75) is 52.0 Å². The first-order valence-corrected chi connectivity index (χ1v) is 7.76. The summed E-state index contributed by atoms with van der Waals surface area (Å²) in [6.45, 7) is 5.40. The normalized spacial score (nSPS) is 24.0. The van der Waals surface area contributed by atoms with E-state index in [0.29, 0.717) is 18.4 Å². The molecule has 0 aromatic heterocycles. The van der Waals surface area contributed by atoms with Crippen molar-refractivity contribution in [1.29, 1.82) is 0 Å². The second-order valence-corrected chi connectivity index (χ2v) is 6.22. The summed E-state index contributed by atoms with van der Waals surface area (Å²) < 4.78 is 26.6. The van der Waals surface area contributed by atoms with Crippen LogP contribution >= 0.6 is 0 Å². The number of halogens is 2. The molecule has 1 aliphatic carbocycles. The van der Waals surface area contributed by atoms with Crippen LogP contribution in [0.3, 0.4) is 0 Å². The number of hydrogen-bond acceptors (Lipinski definition) is 1. The van der Waals surface area contributed by atoms with Gasteiger partial charge in [-0.15, -0.1) is 0 Å². The SMILES string of the molecule is CCCNC(Cc1cc(F)cc(F)c1)C1CCC(C)C1. The van der Waals surface area contributed by atoms with Gasteiger partial charge in [-0.1, -0.05) is 20.3 Å². The fourth-order valence-corrected chi connectivity index (χ4v) is 3.33. The third-order valence-corrected chi connectivity index (χ3v) is 4.34. The van der Waals surface area contributed by atoms with Gasteiger partial charge in [-0.3, -0.25) is 0 Å². The molecule has 1 aromatic rings. The highest BCUT2D eigenvalue weighted by Crippen LogP contribution is 2.33. The monoisotopic (exact) mass is 281 g/mol. The second-order valence-electron chi connectivity index (χ2n) is 6.22. The second kappa shape index (κ2) is 7.16. The zero-order chi connectivity index (χ0) is 14.5. The van der Waals surface area contributed by atoms with Gasteiger partial charge in [0.25, 0.3) is 0 Å². The minimum absolute atomic E-state index is 0.334. The lowest BCUT2D eigenvalue weighted by Crippen LogP contribution is -2.37. The first-order chi connectivity index (χ1) is 9.58. The first kappa shape index (κ1) is 15.4. The molecule has 3 unspecified atom stereocenters. The Balaban J connectivity index is 2.06. The van der Waals surface area contributed by atoms with Gasteiger partial charge in [0.15, 0.2) is 0 Å². The highest BCUT2D eigenvalue weighted by atomic mass is 19.1. The van der Waals surface area contributed by atoms with Gasteiger partial charge in [0, 0.05) is 12.1 Å². The fraction of sp³-hybridized carbons (Fsp3) is 0.647. The lowest BCUT2D eigenvalue weighted by atomic mass is 9.91. The molecular formula is C17H25F2N. The summed E-state index contributed by atoms with van der Waals surface area (Å²) in [5.41, 5.74) is 0.760. The molecule has 3 heteroatoms. The van der Waals surface area contributed by atoms with Gasteiger partial charge in [0.1, 0.15) is 11.6 Å². The standard InChI is InChI=1S/C17H25F2N/c1-3-6-20-17(14-5-4-12(2)7-14)10-13-8-15(18)11-16(19)9-13/h8-9,11-12,14,17,20H,3-7,10H2,1-2H3. The summed E-state index contributed by atoms with van der Waals surface area (Å²) in [4.78, 5) is 0. The molecule has 1 N–H and O–H groups in total. The topological polar surface area (TPSA) is 12.0 Å². The molecule has 1 nitrogen and oxygen atoms in total. The van der Waals surface area contributed by atoms with Gasteiger partial charge in [-0.2, -0.15) is 0 Å². The summed E-state index contributed by atoms with van der Waals surface area (Å²) in [5.74, 6) is 0.445. The summed E-state index contributed by atoms with van der Waals surface area (Å²) in [6, 6.07) is 4.20. The Morgan fingerprint density at radius 3 is 2.45 bits per heavy atom. The Bertz CT molecular complexity index is 413. The van der Waals surface area contributed by atoms with Crippen LogP contribution in [0.2, 0.25) is 0 Å². The van der Waals surface area contributed by atoms with Crippen LogP contribution in [0.1, 0.15) is 45.1 Å². The van der Waals surface area contributed by atoms with Gasteiger partial charge in [0.05, 0.1) is 0 Å². The molecule has 0 radical (unpaired) electrons. The molecule has 0 bridgehead atoms. The van der Waals surface area contributed by atoms with Crippen LogP contribution in [0.15, 0.2) is 18.2 Å². The maximum Gasteiger partial charge on any atom is 0.126 e. The van der Waals surface area contributed by atoms with Crippen molar-refractivity contribution in [2.75, 3.05) is 6.54 Å². The van der Waals surface area contributed by atoms with Gasteiger partial charge >= 0.3 is 0 Å². The number of rotatable bonds is 6. The van der Waals surface area contributed by atoms with Gasteiger partial charge in [0.2, 0.25) is 0 Å². The van der Waals surface area contributed by atoms with Crippen molar-refractivity contribution in [3.8, 4) is 0 Å². The van der Waals surface area contributed by atoms with Crippen LogP contribution in [0.5, 0.6) is 0 Å². The van der Waals surface area contributed by atoms with E-state index in [2.05, 4.69) is 19.2 Å². The van der Waals surface area contributed by atoms with E-state index in [1.807, 2.05) is 0 Å². The Hall–Kier alpha value is -0.960.